The standard InChI is InChI=1S/C23H29FN2O2/c1-28-18-21-16-25(12-11-19-5-3-2-4-6-19)13-14-26(17-21)23(27)15-20-7-9-22(24)10-8-20/h2-10,21H,11-18H2,1H3. The number of carbonyl (C=O) groups is 1. The quantitative estimate of drug-likeness (QED) is 0.736. The van der Waals surface area contributed by atoms with Gasteiger partial charge in [0.05, 0.1) is 13.0 Å². The highest BCUT2D eigenvalue weighted by Crippen LogP contribution is 2.14. The van der Waals surface area contributed by atoms with Gasteiger partial charge in [-0.15, -0.1) is 0 Å². The zero-order valence-corrected chi connectivity index (χ0v) is 16.5. The predicted molar refractivity (Wildman–Crippen MR) is 109 cm³/mol. The molecule has 150 valence electrons. The smallest absolute Gasteiger partial charge is 0.227 e. The first kappa shape index (κ1) is 20.5. The number of ether oxygens (including phenoxy) is 1. The first-order valence-electron chi connectivity index (χ1n) is 9.91. The molecule has 0 saturated carbocycles. The fourth-order valence-corrected chi connectivity index (χ4v) is 3.77. The fourth-order valence-electron chi connectivity index (χ4n) is 3.77. The molecule has 0 radical (unpaired) electrons. The van der Waals surface area contributed by atoms with Crippen LogP contribution in [0.25, 0.3) is 0 Å². The number of benzene rings is 2. The minimum absolute atomic E-state index is 0.0950. The number of hydrogen-bond acceptors (Lipinski definition) is 3. The van der Waals surface area contributed by atoms with Gasteiger partial charge in [0.1, 0.15) is 5.82 Å². The molecule has 1 fully saturated rings. The largest absolute Gasteiger partial charge is 0.384 e. The van der Waals surface area contributed by atoms with Crippen LogP contribution in [-0.2, 0) is 22.4 Å². The Morgan fingerprint density at radius 3 is 2.50 bits per heavy atom. The van der Waals surface area contributed by atoms with E-state index in [-0.39, 0.29) is 11.7 Å². The zero-order valence-electron chi connectivity index (χ0n) is 16.5. The Kier molecular flexibility index (Phi) is 7.57. The third-order valence-corrected chi connectivity index (χ3v) is 5.26. The van der Waals surface area contributed by atoms with Crippen LogP contribution in [0.5, 0.6) is 0 Å². The Hall–Kier alpha value is -2.24. The van der Waals surface area contributed by atoms with E-state index in [1.54, 1.807) is 19.2 Å². The molecule has 0 bridgehead atoms. The minimum atomic E-state index is -0.278. The van der Waals surface area contributed by atoms with Gasteiger partial charge in [-0.05, 0) is 29.7 Å². The van der Waals surface area contributed by atoms with Gasteiger partial charge in [-0.25, -0.2) is 4.39 Å². The predicted octanol–water partition coefficient (Wildman–Crippen LogP) is 3.02. The highest BCUT2D eigenvalue weighted by atomic mass is 19.1. The zero-order chi connectivity index (χ0) is 19.8. The molecule has 28 heavy (non-hydrogen) atoms. The van der Waals surface area contributed by atoms with Gasteiger partial charge in [-0.3, -0.25) is 4.79 Å². The number of methoxy groups -OCH3 is 1. The second kappa shape index (κ2) is 10.3. The molecule has 1 amide bonds. The van der Waals surface area contributed by atoms with E-state index in [4.69, 9.17) is 4.74 Å². The first-order chi connectivity index (χ1) is 13.6. The van der Waals surface area contributed by atoms with Crippen molar-refractivity contribution in [3.8, 4) is 0 Å². The normalized spacial score (nSPS) is 18.1. The number of halogens is 1. The van der Waals surface area contributed by atoms with Crippen LogP contribution in [-0.4, -0.2) is 62.1 Å². The Labute approximate surface area is 166 Å². The van der Waals surface area contributed by atoms with Crippen LogP contribution in [0, 0.1) is 11.7 Å². The maximum absolute atomic E-state index is 13.1. The highest BCUT2D eigenvalue weighted by Gasteiger charge is 2.25. The third-order valence-electron chi connectivity index (χ3n) is 5.26. The van der Waals surface area contributed by atoms with Crippen molar-refractivity contribution in [2.75, 3.05) is 46.4 Å². The Balaban J connectivity index is 1.59. The van der Waals surface area contributed by atoms with Gasteiger partial charge in [0, 0.05) is 45.8 Å². The van der Waals surface area contributed by atoms with E-state index in [0.717, 1.165) is 38.2 Å². The molecule has 3 rings (SSSR count). The van der Waals surface area contributed by atoms with Crippen LogP contribution in [0.2, 0.25) is 0 Å². The summed E-state index contributed by atoms with van der Waals surface area (Å²) in [5, 5.41) is 0. The van der Waals surface area contributed by atoms with Crippen LogP contribution < -0.4 is 0 Å². The maximum atomic E-state index is 13.1. The molecular weight excluding hydrogens is 355 g/mol. The summed E-state index contributed by atoms with van der Waals surface area (Å²) in [5.41, 5.74) is 2.18. The van der Waals surface area contributed by atoms with Gasteiger partial charge in [0.2, 0.25) is 5.91 Å². The van der Waals surface area contributed by atoms with Crippen molar-refractivity contribution in [2.24, 2.45) is 5.92 Å². The number of hydrogen-bond donors (Lipinski definition) is 0. The van der Waals surface area contributed by atoms with E-state index in [9.17, 15) is 9.18 Å². The Bertz CT molecular complexity index is 736. The van der Waals surface area contributed by atoms with Crippen molar-refractivity contribution in [1.82, 2.24) is 9.80 Å². The summed E-state index contributed by atoms with van der Waals surface area (Å²) in [7, 11) is 1.71. The second-order valence-electron chi connectivity index (χ2n) is 7.50. The van der Waals surface area contributed by atoms with Gasteiger partial charge in [-0.1, -0.05) is 42.5 Å². The van der Waals surface area contributed by atoms with E-state index >= 15 is 0 Å². The summed E-state index contributed by atoms with van der Waals surface area (Å²) in [6.07, 6.45) is 1.31. The molecule has 2 aromatic rings. The average Bonchev–Trinajstić information content (AvgIpc) is 2.92. The monoisotopic (exact) mass is 384 g/mol. The van der Waals surface area contributed by atoms with Crippen molar-refractivity contribution in [2.45, 2.75) is 12.8 Å². The van der Waals surface area contributed by atoms with E-state index in [2.05, 4.69) is 29.2 Å². The van der Waals surface area contributed by atoms with Crippen molar-refractivity contribution >= 4 is 5.91 Å². The summed E-state index contributed by atoms with van der Waals surface area (Å²) < 4.78 is 18.5. The summed E-state index contributed by atoms with van der Waals surface area (Å²) in [6, 6.07) is 16.7. The Morgan fingerprint density at radius 1 is 1.04 bits per heavy atom. The molecule has 0 spiro atoms. The van der Waals surface area contributed by atoms with Crippen molar-refractivity contribution < 1.29 is 13.9 Å². The second-order valence-corrected chi connectivity index (χ2v) is 7.50. The van der Waals surface area contributed by atoms with E-state index < -0.39 is 0 Å². The summed E-state index contributed by atoms with van der Waals surface area (Å²) in [6.45, 7) is 4.83. The van der Waals surface area contributed by atoms with Crippen molar-refractivity contribution in [3.63, 3.8) is 0 Å². The number of carbonyl (C=O) groups excluding carboxylic acids is 1. The van der Waals surface area contributed by atoms with Crippen LogP contribution in [0.4, 0.5) is 4.39 Å². The maximum Gasteiger partial charge on any atom is 0.227 e. The first-order valence-corrected chi connectivity index (χ1v) is 9.91. The molecule has 0 N–H and O–H groups in total. The van der Waals surface area contributed by atoms with Crippen LogP contribution in [0.15, 0.2) is 54.6 Å². The molecule has 0 aliphatic carbocycles. The lowest BCUT2D eigenvalue weighted by Gasteiger charge is -2.24. The van der Waals surface area contributed by atoms with E-state index in [1.807, 2.05) is 11.0 Å². The SMILES string of the molecule is COCC1CN(CCc2ccccc2)CCN(C(=O)Cc2ccc(F)cc2)C1. The topological polar surface area (TPSA) is 32.8 Å². The van der Waals surface area contributed by atoms with Gasteiger partial charge in [-0.2, -0.15) is 0 Å². The lowest BCUT2D eigenvalue weighted by Crippen LogP contribution is -2.37. The molecule has 1 aliphatic heterocycles. The van der Waals surface area contributed by atoms with E-state index in [1.165, 1.54) is 17.7 Å². The van der Waals surface area contributed by atoms with Gasteiger partial charge in [0.15, 0.2) is 0 Å². The molecule has 1 atom stereocenters. The van der Waals surface area contributed by atoms with Crippen molar-refractivity contribution in [1.29, 1.82) is 0 Å². The number of nitrogens with zero attached hydrogens (tertiary/aromatic N) is 2. The molecular formula is C23H29FN2O2. The number of amides is 1. The lowest BCUT2D eigenvalue weighted by molar-refractivity contribution is -0.130. The van der Waals surface area contributed by atoms with Crippen LogP contribution in [0.1, 0.15) is 11.1 Å². The molecule has 1 unspecified atom stereocenters. The summed E-state index contributed by atoms with van der Waals surface area (Å²) in [4.78, 5) is 17.2. The summed E-state index contributed by atoms with van der Waals surface area (Å²) >= 11 is 0. The molecule has 2 aromatic carbocycles. The van der Waals surface area contributed by atoms with Crippen LogP contribution in [0.3, 0.4) is 0 Å². The lowest BCUT2D eigenvalue weighted by atomic mass is 10.1. The molecule has 1 aliphatic rings. The van der Waals surface area contributed by atoms with Gasteiger partial charge < -0.3 is 14.5 Å². The Morgan fingerprint density at radius 2 is 1.79 bits per heavy atom. The van der Waals surface area contributed by atoms with Gasteiger partial charge >= 0.3 is 0 Å². The molecule has 1 heterocycles. The molecule has 1 saturated heterocycles. The molecule has 0 aromatic heterocycles. The average molecular weight is 384 g/mol. The van der Waals surface area contributed by atoms with E-state index in [0.29, 0.717) is 25.5 Å². The van der Waals surface area contributed by atoms with Crippen LogP contribution >= 0.6 is 0 Å². The minimum Gasteiger partial charge on any atom is -0.384 e. The summed E-state index contributed by atoms with van der Waals surface area (Å²) in [5.74, 6) is 0.109. The van der Waals surface area contributed by atoms with Crippen molar-refractivity contribution in [3.05, 3.63) is 71.5 Å². The van der Waals surface area contributed by atoms with Gasteiger partial charge in [0.25, 0.3) is 0 Å². The fraction of sp³-hybridized carbons (Fsp3) is 0.435. The third kappa shape index (κ3) is 6.14. The number of rotatable bonds is 7. The molecule has 5 heteroatoms. The molecule has 4 nitrogen and oxygen atoms in total. The highest BCUT2D eigenvalue weighted by molar-refractivity contribution is 5.78.